The van der Waals surface area contributed by atoms with Crippen LogP contribution >= 0.6 is 27.3 Å². The minimum Gasteiger partial charge on any atom is -0.479 e. The van der Waals surface area contributed by atoms with Gasteiger partial charge >= 0.3 is 18.0 Å². The van der Waals surface area contributed by atoms with Crippen molar-refractivity contribution in [1.29, 1.82) is 0 Å². The number of esters is 2. The van der Waals surface area contributed by atoms with Crippen molar-refractivity contribution in [2.75, 3.05) is 31.7 Å². The number of anilines is 2. The lowest BCUT2D eigenvalue weighted by Gasteiger charge is -2.35. The number of nitrogens with zero attached hydrogens (tertiary/aromatic N) is 2. The summed E-state index contributed by atoms with van der Waals surface area (Å²) >= 11 is 4.53. The fraction of sp³-hybridized carbons (Fsp3) is 0.517. The molecule has 0 radical (unpaired) electrons. The Kier molecular flexibility index (Phi) is 10.5. The molecule has 0 aliphatic carbocycles. The number of carbonyl (C=O) groups excluding carboxylic acids is 4. The number of hydrogen-bond donors (Lipinski definition) is 0. The molecule has 2 amide bonds. The van der Waals surface area contributed by atoms with Gasteiger partial charge in [-0.1, -0.05) is 18.2 Å². The third-order valence-corrected chi connectivity index (χ3v) is 7.99. The van der Waals surface area contributed by atoms with Gasteiger partial charge in [0.2, 0.25) is 5.91 Å². The number of ether oxygens (including phenoxy) is 4. The summed E-state index contributed by atoms with van der Waals surface area (Å²) in [5, 5.41) is 0.398. The minimum absolute atomic E-state index is 0.0798. The maximum Gasteiger partial charge on any atom is 0.410 e. The van der Waals surface area contributed by atoms with E-state index in [1.807, 2.05) is 39.0 Å². The van der Waals surface area contributed by atoms with Crippen LogP contribution in [0.1, 0.15) is 64.1 Å². The van der Waals surface area contributed by atoms with E-state index in [0.717, 1.165) is 11.3 Å². The molecule has 3 rings (SSSR count). The Bertz CT molecular complexity index is 1260. The average Bonchev–Trinajstić information content (AvgIpc) is 3.21. The molecule has 0 N–H and O–H groups in total. The molecule has 0 atom stereocenters. The lowest BCUT2D eigenvalue weighted by molar-refractivity contribution is -0.157. The fourth-order valence-corrected chi connectivity index (χ4v) is 6.07. The van der Waals surface area contributed by atoms with Gasteiger partial charge in [-0.25, -0.2) is 14.4 Å². The molecule has 0 bridgehead atoms. The van der Waals surface area contributed by atoms with E-state index in [-0.39, 0.29) is 16.5 Å². The molecule has 1 aromatic heterocycles. The Balaban J connectivity index is 1.92. The van der Waals surface area contributed by atoms with Crippen LogP contribution in [0.2, 0.25) is 0 Å². The standard InChI is InChI=1S/C29H37BrN2O8S/c1-28(2,3)39-20(33)17-38-22-21(30)25(41-23(22)26(35)37-7)32(19-11-9-8-10-12-19)24(34)18-13-15-31(16-14-18)27(36)40-29(4,5)6/h8-12,18H,13-17H2,1-7H3. The second-order valence-corrected chi connectivity index (χ2v) is 13.3. The highest BCUT2D eigenvalue weighted by molar-refractivity contribution is 9.10. The number of thiophene rings is 1. The highest BCUT2D eigenvalue weighted by atomic mass is 79.9. The number of carbonyl (C=O) groups is 4. The molecule has 224 valence electrons. The summed E-state index contributed by atoms with van der Waals surface area (Å²) in [6.45, 7) is 11.0. The zero-order chi connectivity index (χ0) is 30.5. The van der Waals surface area contributed by atoms with Crippen LogP contribution < -0.4 is 9.64 Å². The van der Waals surface area contributed by atoms with Gasteiger partial charge in [-0.2, -0.15) is 0 Å². The van der Waals surface area contributed by atoms with Crippen LogP contribution in [0.25, 0.3) is 0 Å². The summed E-state index contributed by atoms with van der Waals surface area (Å²) in [4.78, 5) is 54.9. The summed E-state index contributed by atoms with van der Waals surface area (Å²) in [6.07, 6.45) is 0.478. The van der Waals surface area contributed by atoms with Crippen LogP contribution in [-0.4, -0.2) is 66.8 Å². The van der Waals surface area contributed by atoms with Crippen LogP contribution in [0.4, 0.5) is 15.5 Å². The SMILES string of the molecule is COC(=O)c1sc(N(C(=O)C2CCN(C(=O)OC(C)(C)C)CC2)c2ccccc2)c(Br)c1OCC(=O)OC(C)(C)C. The van der Waals surface area contributed by atoms with Gasteiger partial charge in [-0.05, 0) is 82.4 Å². The van der Waals surface area contributed by atoms with Crippen molar-refractivity contribution >= 4 is 61.9 Å². The van der Waals surface area contributed by atoms with Crippen molar-refractivity contribution in [1.82, 2.24) is 4.90 Å². The first-order chi connectivity index (χ1) is 19.1. The second-order valence-electron chi connectivity index (χ2n) is 11.5. The van der Waals surface area contributed by atoms with E-state index in [9.17, 15) is 19.2 Å². The van der Waals surface area contributed by atoms with E-state index in [4.69, 9.17) is 18.9 Å². The number of likely N-dealkylation sites (tertiary alicyclic amines) is 1. The zero-order valence-electron chi connectivity index (χ0n) is 24.4. The largest absolute Gasteiger partial charge is 0.479 e. The van der Waals surface area contributed by atoms with Gasteiger partial charge in [0.05, 0.1) is 11.6 Å². The van der Waals surface area contributed by atoms with Crippen LogP contribution in [0, 0.1) is 5.92 Å². The number of para-hydroxylation sites is 1. The van der Waals surface area contributed by atoms with Crippen LogP contribution in [0.5, 0.6) is 5.75 Å². The predicted octanol–water partition coefficient (Wildman–Crippen LogP) is 6.33. The van der Waals surface area contributed by atoms with E-state index in [0.29, 0.717) is 41.1 Å². The van der Waals surface area contributed by atoms with Crippen LogP contribution in [0.15, 0.2) is 34.8 Å². The topological polar surface area (TPSA) is 112 Å². The molecule has 1 aliphatic heterocycles. The smallest absolute Gasteiger partial charge is 0.410 e. The van der Waals surface area contributed by atoms with Crippen molar-refractivity contribution in [2.45, 2.75) is 65.6 Å². The quantitative estimate of drug-likeness (QED) is 0.252. The van der Waals surface area contributed by atoms with E-state index in [2.05, 4.69) is 15.9 Å². The minimum atomic E-state index is -0.710. The second kappa shape index (κ2) is 13.2. The van der Waals surface area contributed by atoms with Gasteiger partial charge in [0.15, 0.2) is 17.2 Å². The Hall–Kier alpha value is -3.12. The third-order valence-electron chi connectivity index (χ3n) is 5.85. The van der Waals surface area contributed by atoms with Crippen LogP contribution in [0.3, 0.4) is 0 Å². The van der Waals surface area contributed by atoms with E-state index in [1.54, 1.807) is 37.8 Å². The van der Waals surface area contributed by atoms with Crippen molar-refractivity contribution < 1.29 is 38.1 Å². The van der Waals surface area contributed by atoms with Crippen molar-refractivity contribution in [3.05, 3.63) is 39.7 Å². The summed E-state index contributed by atoms with van der Waals surface area (Å²) in [5.41, 5.74) is -0.734. The fourth-order valence-electron chi connectivity index (χ4n) is 4.13. The van der Waals surface area contributed by atoms with Gasteiger partial charge in [0, 0.05) is 24.7 Å². The molecule has 1 fully saturated rings. The summed E-state index contributed by atoms with van der Waals surface area (Å²) < 4.78 is 21.9. The molecule has 1 aliphatic rings. The molecule has 12 heteroatoms. The Morgan fingerprint density at radius 2 is 1.56 bits per heavy atom. The first kappa shape index (κ1) is 32.4. The summed E-state index contributed by atoms with van der Waals surface area (Å²) in [6, 6.07) is 9.04. The van der Waals surface area contributed by atoms with Gasteiger partial charge in [-0.3, -0.25) is 9.69 Å². The van der Waals surface area contributed by atoms with E-state index < -0.39 is 41.8 Å². The average molecular weight is 654 g/mol. The maximum absolute atomic E-state index is 14.1. The molecule has 0 spiro atoms. The van der Waals surface area contributed by atoms with Gasteiger partial charge < -0.3 is 23.8 Å². The predicted molar refractivity (Wildman–Crippen MR) is 159 cm³/mol. The van der Waals surface area contributed by atoms with Crippen molar-refractivity contribution in [3.63, 3.8) is 0 Å². The highest BCUT2D eigenvalue weighted by Crippen LogP contribution is 2.49. The Morgan fingerprint density at radius 1 is 0.976 bits per heavy atom. The molecular weight excluding hydrogens is 616 g/mol. The first-order valence-electron chi connectivity index (χ1n) is 13.2. The van der Waals surface area contributed by atoms with Crippen LogP contribution in [-0.2, 0) is 23.8 Å². The van der Waals surface area contributed by atoms with E-state index >= 15 is 0 Å². The number of amides is 2. The highest BCUT2D eigenvalue weighted by Gasteiger charge is 2.36. The maximum atomic E-state index is 14.1. The number of hydrogen-bond acceptors (Lipinski definition) is 9. The Labute approximate surface area is 253 Å². The summed E-state index contributed by atoms with van der Waals surface area (Å²) in [5.74, 6) is -1.79. The molecule has 10 nitrogen and oxygen atoms in total. The lowest BCUT2D eigenvalue weighted by Crippen LogP contribution is -2.45. The zero-order valence-corrected chi connectivity index (χ0v) is 26.8. The monoisotopic (exact) mass is 652 g/mol. The molecular formula is C29H37BrN2O8S. The number of benzene rings is 1. The van der Waals surface area contributed by atoms with Crippen molar-refractivity contribution in [2.24, 2.45) is 5.92 Å². The molecule has 2 heterocycles. The first-order valence-corrected chi connectivity index (χ1v) is 14.8. The number of piperidine rings is 1. The molecule has 0 unspecified atom stereocenters. The molecule has 2 aromatic rings. The third kappa shape index (κ3) is 8.68. The van der Waals surface area contributed by atoms with Crippen molar-refractivity contribution in [3.8, 4) is 5.75 Å². The van der Waals surface area contributed by atoms with Gasteiger partial charge in [-0.15, -0.1) is 11.3 Å². The van der Waals surface area contributed by atoms with Gasteiger partial charge in [0.1, 0.15) is 16.2 Å². The summed E-state index contributed by atoms with van der Waals surface area (Å²) in [7, 11) is 1.24. The molecule has 0 saturated carbocycles. The lowest BCUT2D eigenvalue weighted by atomic mass is 9.95. The normalized spacial score (nSPS) is 14.3. The number of halogens is 1. The number of rotatable bonds is 7. The molecule has 41 heavy (non-hydrogen) atoms. The van der Waals surface area contributed by atoms with Gasteiger partial charge in [0.25, 0.3) is 0 Å². The molecule has 1 saturated heterocycles. The van der Waals surface area contributed by atoms with E-state index in [1.165, 1.54) is 12.0 Å². The number of methoxy groups -OCH3 is 1. The Morgan fingerprint density at radius 3 is 2.10 bits per heavy atom. The molecule has 1 aromatic carbocycles.